The molecule has 8 aromatic rings. The molecule has 240 valence electrons. The first-order valence-corrected chi connectivity index (χ1v) is 16.9. The minimum atomic E-state index is -0.373. The molecule has 1 aliphatic carbocycles. The van der Waals surface area contributed by atoms with E-state index in [1.54, 1.807) is 9.13 Å². The van der Waals surface area contributed by atoms with Gasteiger partial charge in [0.15, 0.2) is 5.82 Å². The van der Waals surface area contributed by atoms with E-state index in [-0.39, 0.29) is 11.1 Å². The maximum Gasteiger partial charge on any atom is 0.328 e. The van der Waals surface area contributed by atoms with E-state index in [9.17, 15) is 4.79 Å². The summed E-state index contributed by atoms with van der Waals surface area (Å²) in [5.74, 6) is 0.681. The fourth-order valence-corrected chi connectivity index (χ4v) is 7.97. The van der Waals surface area contributed by atoms with Crippen molar-refractivity contribution in [2.45, 2.75) is 12.3 Å². The molecule has 0 bridgehead atoms. The number of fused-ring (bicyclic) bond motifs is 4. The van der Waals surface area contributed by atoms with Crippen LogP contribution < -0.4 is 5.69 Å². The Labute approximate surface area is 290 Å². The number of hydrogen-bond donors (Lipinski definition) is 0. The predicted molar refractivity (Wildman–Crippen MR) is 203 cm³/mol. The Balaban J connectivity index is 1.23. The number of imidazole rings is 1. The van der Waals surface area contributed by atoms with Gasteiger partial charge in [0.25, 0.3) is 0 Å². The molecule has 5 heteroatoms. The van der Waals surface area contributed by atoms with E-state index in [2.05, 4.69) is 128 Å². The highest BCUT2D eigenvalue weighted by Gasteiger charge is 2.42. The first kappa shape index (κ1) is 29.8. The van der Waals surface area contributed by atoms with Crippen LogP contribution in [-0.2, 0) is 19.5 Å². The molecule has 5 nitrogen and oxygen atoms in total. The van der Waals surface area contributed by atoms with Crippen LogP contribution in [-0.4, -0.2) is 19.1 Å². The molecule has 1 atom stereocenters. The summed E-state index contributed by atoms with van der Waals surface area (Å²) in [6.45, 7) is 2.35. The molecule has 0 N–H and O–H groups in total. The van der Waals surface area contributed by atoms with Crippen LogP contribution >= 0.6 is 0 Å². The third kappa shape index (κ3) is 4.43. The van der Waals surface area contributed by atoms with Crippen molar-refractivity contribution in [1.82, 2.24) is 19.1 Å². The highest BCUT2D eigenvalue weighted by atomic mass is 16.1. The van der Waals surface area contributed by atoms with Crippen LogP contribution in [0.25, 0.3) is 67.2 Å². The first-order chi connectivity index (χ1) is 24.4. The normalized spacial score (nSPS) is 14.9. The van der Waals surface area contributed by atoms with Crippen LogP contribution in [0, 0.1) is 0 Å². The molecule has 0 aliphatic heterocycles. The lowest BCUT2D eigenvalue weighted by Crippen LogP contribution is -2.23. The lowest BCUT2D eigenvalue weighted by Gasteiger charge is -2.30. The van der Waals surface area contributed by atoms with E-state index < -0.39 is 0 Å². The largest absolute Gasteiger partial charge is 0.328 e. The average molecular weight is 647 g/mol. The SMILES string of the molecule is Cn1c(=O)n(C)c2c(-c3ccc(-c4cc(-c5cccc6c5C(C)(c5ccccc5)c5ccccc5-6)nc(-c5ccccc5)n4)cc3)cccc21. The van der Waals surface area contributed by atoms with Gasteiger partial charge in [0.05, 0.1) is 22.4 Å². The van der Waals surface area contributed by atoms with E-state index in [1.165, 1.54) is 27.8 Å². The van der Waals surface area contributed by atoms with Crippen molar-refractivity contribution in [3.63, 3.8) is 0 Å². The van der Waals surface area contributed by atoms with Crippen molar-refractivity contribution in [2.24, 2.45) is 14.1 Å². The fourth-order valence-electron chi connectivity index (χ4n) is 7.97. The molecular formula is C45H34N4O. The molecule has 0 fully saturated rings. The third-order valence-corrected chi connectivity index (χ3v) is 10.5. The van der Waals surface area contributed by atoms with Gasteiger partial charge in [0, 0.05) is 41.8 Å². The minimum Gasteiger partial charge on any atom is -0.295 e. The predicted octanol–water partition coefficient (Wildman–Crippen LogP) is 9.67. The maximum atomic E-state index is 12.8. The Kier molecular flexibility index (Phi) is 6.78. The second-order valence-corrected chi connectivity index (χ2v) is 13.2. The van der Waals surface area contributed by atoms with Crippen LogP contribution in [0.15, 0.2) is 156 Å². The lowest BCUT2D eigenvalue weighted by molar-refractivity contribution is 0.715. The van der Waals surface area contributed by atoms with Crippen LogP contribution in [0.3, 0.4) is 0 Å². The second kappa shape index (κ2) is 11.4. The van der Waals surface area contributed by atoms with E-state index in [4.69, 9.17) is 9.97 Å². The van der Waals surface area contributed by atoms with E-state index in [1.807, 2.05) is 44.4 Å². The molecule has 6 aromatic carbocycles. The number of aryl methyl sites for hydroxylation is 2. The van der Waals surface area contributed by atoms with Crippen molar-refractivity contribution in [1.29, 1.82) is 0 Å². The molecule has 0 spiro atoms. The van der Waals surface area contributed by atoms with Crippen LogP contribution in [0.1, 0.15) is 23.6 Å². The number of aromatic nitrogens is 4. The summed E-state index contributed by atoms with van der Waals surface area (Å²) < 4.78 is 3.42. The second-order valence-electron chi connectivity index (χ2n) is 13.2. The molecule has 2 heterocycles. The van der Waals surface area contributed by atoms with Crippen molar-refractivity contribution in [2.75, 3.05) is 0 Å². The summed E-state index contributed by atoms with van der Waals surface area (Å²) in [5, 5.41) is 0. The Morgan fingerprint density at radius 2 is 1.12 bits per heavy atom. The Morgan fingerprint density at radius 3 is 1.90 bits per heavy atom. The lowest BCUT2D eigenvalue weighted by atomic mass is 9.72. The summed E-state index contributed by atoms with van der Waals surface area (Å²) in [4.78, 5) is 23.2. The summed E-state index contributed by atoms with van der Waals surface area (Å²) in [7, 11) is 3.65. The Hall–Kier alpha value is -6.33. The first-order valence-electron chi connectivity index (χ1n) is 16.9. The van der Waals surface area contributed by atoms with Crippen molar-refractivity contribution >= 4 is 11.0 Å². The molecule has 9 rings (SSSR count). The standard InChI is InChI=1S/C45H34N4O/c1-45(32-16-8-5-9-17-32)37-22-11-10-18-34(37)35-20-12-21-36(41(35)45)39-28-38(46-43(47-39)31-14-6-4-7-15-31)30-26-24-29(25-27-30)33-19-13-23-40-42(33)49(3)44(50)48(40)2/h4-28H,1-3H3. The molecule has 0 saturated heterocycles. The third-order valence-electron chi connectivity index (χ3n) is 10.5. The number of nitrogens with zero attached hydrogens (tertiary/aromatic N) is 4. The van der Waals surface area contributed by atoms with Gasteiger partial charge in [-0.3, -0.25) is 9.13 Å². The van der Waals surface area contributed by atoms with Crippen LogP contribution in [0.4, 0.5) is 0 Å². The van der Waals surface area contributed by atoms with Gasteiger partial charge in [0.1, 0.15) is 0 Å². The molecule has 0 amide bonds. The van der Waals surface area contributed by atoms with Crippen molar-refractivity contribution in [3.8, 4) is 56.2 Å². The van der Waals surface area contributed by atoms with E-state index in [0.717, 1.165) is 50.2 Å². The van der Waals surface area contributed by atoms with Crippen molar-refractivity contribution < 1.29 is 0 Å². The topological polar surface area (TPSA) is 52.7 Å². The highest BCUT2D eigenvalue weighted by Crippen LogP contribution is 2.55. The number of hydrogen-bond acceptors (Lipinski definition) is 3. The summed E-state index contributed by atoms with van der Waals surface area (Å²) in [5.41, 5.74) is 14.6. The summed E-state index contributed by atoms with van der Waals surface area (Å²) in [6, 6.07) is 53.1. The quantitative estimate of drug-likeness (QED) is 0.187. The van der Waals surface area contributed by atoms with Gasteiger partial charge in [-0.05, 0) is 52.4 Å². The molecular weight excluding hydrogens is 613 g/mol. The number of para-hydroxylation sites is 1. The van der Waals surface area contributed by atoms with Gasteiger partial charge >= 0.3 is 5.69 Å². The van der Waals surface area contributed by atoms with Crippen LogP contribution in [0.2, 0.25) is 0 Å². The van der Waals surface area contributed by atoms with Crippen molar-refractivity contribution in [3.05, 3.63) is 179 Å². The zero-order valence-electron chi connectivity index (χ0n) is 28.1. The summed E-state index contributed by atoms with van der Waals surface area (Å²) in [6.07, 6.45) is 0. The maximum absolute atomic E-state index is 12.8. The minimum absolute atomic E-state index is 0.0371. The van der Waals surface area contributed by atoms with Gasteiger partial charge < -0.3 is 0 Å². The highest BCUT2D eigenvalue weighted by molar-refractivity contribution is 5.93. The Bertz CT molecular complexity index is 2640. The van der Waals surface area contributed by atoms with E-state index >= 15 is 0 Å². The molecule has 0 saturated carbocycles. The molecule has 1 aliphatic rings. The van der Waals surface area contributed by atoms with Gasteiger partial charge in [-0.2, -0.15) is 0 Å². The van der Waals surface area contributed by atoms with Gasteiger partial charge in [-0.1, -0.05) is 140 Å². The fraction of sp³-hybridized carbons (Fsp3) is 0.0889. The average Bonchev–Trinajstić information content (AvgIpc) is 3.58. The number of rotatable bonds is 5. The smallest absolute Gasteiger partial charge is 0.295 e. The molecule has 1 unspecified atom stereocenters. The summed E-state index contributed by atoms with van der Waals surface area (Å²) >= 11 is 0. The monoisotopic (exact) mass is 646 g/mol. The van der Waals surface area contributed by atoms with Crippen LogP contribution in [0.5, 0.6) is 0 Å². The molecule has 0 radical (unpaired) electrons. The van der Waals surface area contributed by atoms with Gasteiger partial charge in [0.2, 0.25) is 0 Å². The number of benzene rings is 6. The molecule has 50 heavy (non-hydrogen) atoms. The van der Waals surface area contributed by atoms with E-state index in [0.29, 0.717) is 5.82 Å². The van der Waals surface area contributed by atoms with Gasteiger partial charge in [-0.15, -0.1) is 0 Å². The molecule has 2 aromatic heterocycles. The zero-order chi connectivity index (χ0) is 34.0. The Morgan fingerprint density at radius 1 is 0.520 bits per heavy atom. The zero-order valence-corrected chi connectivity index (χ0v) is 28.1. The van der Waals surface area contributed by atoms with Gasteiger partial charge in [-0.25, -0.2) is 14.8 Å².